The summed E-state index contributed by atoms with van der Waals surface area (Å²) < 4.78 is 2.64. The maximum atomic E-state index is 2.67. The van der Waals surface area contributed by atoms with E-state index >= 15 is 0 Å². The van der Waals surface area contributed by atoms with Gasteiger partial charge in [-0.05, 0) is 114 Å². The van der Waals surface area contributed by atoms with E-state index < -0.39 is 0 Å². The lowest BCUT2D eigenvalue weighted by molar-refractivity contribution is 0.590. The van der Waals surface area contributed by atoms with Crippen molar-refractivity contribution in [2.75, 3.05) is 4.81 Å². The Kier molecular flexibility index (Phi) is 6.62. The van der Waals surface area contributed by atoms with Crippen LogP contribution in [0.5, 0.6) is 0 Å². The molecule has 9 aromatic rings. The van der Waals surface area contributed by atoms with E-state index in [0.717, 1.165) is 0 Å². The van der Waals surface area contributed by atoms with Gasteiger partial charge in [0, 0.05) is 33.1 Å². The molecule has 2 aliphatic rings. The predicted molar refractivity (Wildman–Crippen MR) is 238 cm³/mol. The number of rotatable bonds is 2. The van der Waals surface area contributed by atoms with Crippen LogP contribution in [0.3, 0.4) is 0 Å². The van der Waals surface area contributed by atoms with Crippen molar-refractivity contribution >= 4 is 72.5 Å². The molecule has 3 heterocycles. The monoisotopic (exact) mass is 706 g/mol. The number of aromatic nitrogens is 1. The topological polar surface area (TPSA) is 8.17 Å². The van der Waals surface area contributed by atoms with E-state index in [2.05, 4.69) is 203 Å². The smallest absolute Gasteiger partial charge is 0.333 e. The fourth-order valence-electron chi connectivity index (χ4n) is 9.54. The second-order valence-corrected chi connectivity index (χ2v) is 17.8. The molecule has 0 spiro atoms. The van der Waals surface area contributed by atoms with Crippen molar-refractivity contribution in [2.24, 2.45) is 0 Å². The van der Waals surface area contributed by atoms with Crippen LogP contribution in [0.4, 0.5) is 11.4 Å². The van der Waals surface area contributed by atoms with Crippen molar-refractivity contribution in [3.63, 3.8) is 0 Å². The van der Waals surface area contributed by atoms with E-state index in [1.807, 2.05) is 0 Å². The number of nitrogens with zero attached hydrogens (tertiary/aromatic N) is 2. The minimum Gasteiger partial charge on any atom is -0.376 e. The van der Waals surface area contributed by atoms with Crippen LogP contribution in [-0.4, -0.2) is 11.4 Å². The van der Waals surface area contributed by atoms with Crippen LogP contribution in [-0.2, 0) is 10.8 Å². The first-order valence-corrected chi connectivity index (χ1v) is 19.7. The van der Waals surface area contributed by atoms with Crippen molar-refractivity contribution in [3.05, 3.63) is 163 Å². The molecular weight excluding hydrogens is 663 g/mol. The van der Waals surface area contributed by atoms with Crippen LogP contribution in [0.15, 0.2) is 152 Å². The molecule has 0 N–H and O–H groups in total. The molecule has 0 atom stereocenters. The van der Waals surface area contributed by atoms with Crippen molar-refractivity contribution < 1.29 is 0 Å². The van der Waals surface area contributed by atoms with Gasteiger partial charge in [0.05, 0.1) is 16.7 Å². The Balaban J connectivity index is 1.32. The van der Waals surface area contributed by atoms with Crippen LogP contribution >= 0.6 is 0 Å². The van der Waals surface area contributed by atoms with Gasteiger partial charge in [0.15, 0.2) is 0 Å². The molecule has 264 valence electrons. The molecular formula is C52H43BN2. The summed E-state index contributed by atoms with van der Waals surface area (Å²) in [5.41, 5.74) is 16.9. The summed E-state index contributed by atoms with van der Waals surface area (Å²) in [6, 6.07) is 57.6. The molecule has 0 radical (unpaired) electrons. The van der Waals surface area contributed by atoms with Gasteiger partial charge in [-0.15, -0.1) is 0 Å². The molecule has 0 amide bonds. The predicted octanol–water partition coefficient (Wildman–Crippen LogP) is 12.6. The van der Waals surface area contributed by atoms with Gasteiger partial charge in [0.1, 0.15) is 0 Å². The Morgan fingerprint density at radius 1 is 0.473 bits per heavy atom. The highest BCUT2D eigenvalue weighted by atomic mass is 15.1. The first kappa shape index (κ1) is 32.4. The number of hydrogen-bond donors (Lipinski definition) is 0. The van der Waals surface area contributed by atoms with Gasteiger partial charge >= 0.3 is 6.85 Å². The average Bonchev–Trinajstić information content (AvgIpc) is 3.52. The fraction of sp³-hybridized carbons (Fsp3) is 0.154. The van der Waals surface area contributed by atoms with Gasteiger partial charge in [-0.1, -0.05) is 145 Å². The molecule has 0 bridgehead atoms. The molecule has 2 aliphatic heterocycles. The Labute approximate surface area is 323 Å². The average molecular weight is 707 g/mol. The molecule has 55 heavy (non-hydrogen) atoms. The highest BCUT2D eigenvalue weighted by Crippen LogP contribution is 2.48. The molecule has 11 rings (SSSR count). The van der Waals surface area contributed by atoms with E-state index in [1.54, 1.807) is 0 Å². The zero-order valence-electron chi connectivity index (χ0n) is 32.4. The summed E-state index contributed by atoms with van der Waals surface area (Å²) in [5, 5.41) is 7.75. The largest absolute Gasteiger partial charge is 0.376 e. The third-order valence-electron chi connectivity index (χ3n) is 12.4. The van der Waals surface area contributed by atoms with Crippen molar-refractivity contribution in [3.8, 4) is 27.9 Å². The molecule has 8 aromatic carbocycles. The Bertz CT molecular complexity index is 3050. The summed E-state index contributed by atoms with van der Waals surface area (Å²) >= 11 is 0. The quantitative estimate of drug-likeness (QED) is 0.163. The van der Waals surface area contributed by atoms with Crippen molar-refractivity contribution in [1.82, 2.24) is 4.57 Å². The first-order valence-electron chi connectivity index (χ1n) is 19.7. The zero-order chi connectivity index (χ0) is 37.4. The van der Waals surface area contributed by atoms with E-state index in [1.165, 1.54) is 105 Å². The third kappa shape index (κ3) is 4.69. The van der Waals surface area contributed by atoms with Crippen LogP contribution in [0.1, 0.15) is 52.7 Å². The highest BCUT2D eigenvalue weighted by molar-refractivity contribution is 6.94. The van der Waals surface area contributed by atoms with Crippen molar-refractivity contribution in [2.45, 2.75) is 52.4 Å². The summed E-state index contributed by atoms with van der Waals surface area (Å²) in [6.45, 7) is 14.0. The first-order chi connectivity index (χ1) is 26.5. The lowest BCUT2D eigenvalue weighted by Crippen LogP contribution is -2.60. The van der Waals surface area contributed by atoms with Crippen LogP contribution in [0.2, 0.25) is 0 Å². The van der Waals surface area contributed by atoms with Gasteiger partial charge in [-0.25, -0.2) is 0 Å². The Morgan fingerprint density at radius 2 is 1.09 bits per heavy atom. The zero-order valence-corrected chi connectivity index (χ0v) is 32.4. The molecule has 1 aromatic heterocycles. The van der Waals surface area contributed by atoms with E-state index in [9.17, 15) is 0 Å². The highest BCUT2D eigenvalue weighted by Gasteiger charge is 2.45. The summed E-state index contributed by atoms with van der Waals surface area (Å²) in [5.74, 6) is 0. The minimum absolute atomic E-state index is 0.0306. The second-order valence-electron chi connectivity index (χ2n) is 17.8. The fourth-order valence-corrected chi connectivity index (χ4v) is 9.54. The Morgan fingerprint density at radius 3 is 1.82 bits per heavy atom. The molecule has 3 heteroatoms. The van der Waals surface area contributed by atoms with Gasteiger partial charge in [0.25, 0.3) is 0 Å². The number of hydrogen-bond acceptors (Lipinski definition) is 1. The van der Waals surface area contributed by atoms with Crippen LogP contribution in [0.25, 0.3) is 71.3 Å². The molecule has 0 saturated carbocycles. The molecule has 0 saturated heterocycles. The lowest BCUT2D eigenvalue weighted by atomic mass is 9.43. The van der Waals surface area contributed by atoms with Crippen molar-refractivity contribution in [1.29, 1.82) is 0 Å². The summed E-state index contributed by atoms with van der Waals surface area (Å²) in [4.78, 5) is 2.67. The molecule has 2 nitrogen and oxygen atoms in total. The number of fused-ring (bicyclic) bond motifs is 10. The van der Waals surface area contributed by atoms with Gasteiger partial charge in [-0.3, -0.25) is 0 Å². The Hall–Kier alpha value is -6.06. The van der Waals surface area contributed by atoms with Crippen LogP contribution in [0, 0.1) is 0 Å². The molecule has 0 fully saturated rings. The SMILES string of the molecule is CC(C)(C)c1ccc2c(c1)c1cc(C(C)(C)C)cc3c1n2-c1c2c(cc4ccccc14)-c1cc4ccccc4cc1N(c1ccc(-c4ccccc4)cc1)B23. The molecule has 0 unspecified atom stereocenters. The normalized spacial score (nSPS) is 13.6. The van der Waals surface area contributed by atoms with Gasteiger partial charge in [-0.2, -0.15) is 0 Å². The van der Waals surface area contributed by atoms with Gasteiger partial charge < -0.3 is 9.38 Å². The second kappa shape index (κ2) is 11.2. The number of benzene rings is 8. The summed E-state index contributed by atoms with van der Waals surface area (Å²) in [6.07, 6.45) is 0. The maximum absolute atomic E-state index is 2.67. The molecule has 0 aliphatic carbocycles. The maximum Gasteiger partial charge on any atom is 0.333 e. The number of anilines is 2. The standard InChI is InChI=1S/C52H43BN2/c1-51(2,3)37-22-25-46-42(29-37)44-30-38(52(4,5)6)31-45-49(44)54(46)50-40-19-13-12-18-36(40)27-43-41-26-34-16-10-11-17-35(34)28-47(41)55(53(45)48(43)50)39-23-20-33(21-24-39)32-14-8-7-9-15-32/h7-31H,1-6H3. The van der Waals surface area contributed by atoms with Crippen LogP contribution < -0.4 is 15.7 Å². The van der Waals surface area contributed by atoms with E-state index in [0.29, 0.717) is 0 Å². The third-order valence-corrected chi connectivity index (χ3v) is 12.4. The van der Waals surface area contributed by atoms with E-state index in [4.69, 9.17) is 0 Å². The van der Waals surface area contributed by atoms with Gasteiger partial charge in [0.2, 0.25) is 0 Å². The minimum atomic E-state index is -0.0467. The lowest BCUT2D eigenvalue weighted by Gasteiger charge is -2.43. The summed E-state index contributed by atoms with van der Waals surface area (Å²) in [7, 11) is 0. The van der Waals surface area contributed by atoms with E-state index in [-0.39, 0.29) is 17.7 Å².